The Labute approximate surface area is 137 Å². The fraction of sp³-hybridized carbons (Fsp3) is 0.588. The van der Waals surface area contributed by atoms with Crippen LogP contribution in [0, 0.1) is 16.0 Å². The van der Waals surface area contributed by atoms with Crippen molar-refractivity contribution < 1.29 is 14.5 Å². The van der Waals surface area contributed by atoms with Crippen LogP contribution in [0.25, 0.3) is 0 Å². The van der Waals surface area contributed by atoms with Crippen molar-refractivity contribution in [1.29, 1.82) is 0 Å². The quantitative estimate of drug-likeness (QED) is 0.227. The maximum atomic E-state index is 11.9. The zero-order valence-corrected chi connectivity index (χ0v) is 13.9. The molecule has 0 spiro atoms. The molecule has 0 aliphatic rings. The molecule has 0 heterocycles. The fourth-order valence-corrected chi connectivity index (χ4v) is 2.26. The first-order valence-corrected chi connectivity index (χ1v) is 8.13. The number of esters is 1. The summed E-state index contributed by atoms with van der Waals surface area (Å²) >= 11 is 0. The Kier molecular flexibility index (Phi) is 8.08. The molecule has 1 rings (SSSR count). The number of nitro groups is 1. The number of ether oxygens (including phenoxy) is 1. The van der Waals surface area contributed by atoms with Gasteiger partial charge in [-0.15, -0.1) is 0 Å². The highest BCUT2D eigenvalue weighted by molar-refractivity contribution is 5.95. The summed E-state index contributed by atoms with van der Waals surface area (Å²) in [5.74, 6) is 0.141. The van der Waals surface area contributed by atoms with Crippen molar-refractivity contribution in [3.05, 3.63) is 33.9 Å². The van der Waals surface area contributed by atoms with Gasteiger partial charge < -0.3 is 10.5 Å². The molecule has 1 aromatic carbocycles. The van der Waals surface area contributed by atoms with Gasteiger partial charge in [0.15, 0.2) is 0 Å². The number of hydrogen-bond acceptors (Lipinski definition) is 5. The highest BCUT2D eigenvalue weighted by Gasteiger charge is 2.16. The first-order chi connectivity index (χ1) is 10.9. The molecule has 0 fully saturated rings. The summed E-state index contributed by atoms with van der Waals surface area (Å²) in [5.41, 5.74) is 5.75. The van der Waals surface area contributed by atoms with E-state index >= 15 is 0 Å². The van der Waals surface area contributed by atoms with E-state index in [-0.39, 0.29) is 16.9 Å². The third-order valence-corrected chi connectivity index (χ3v) is 3.63. The predicted molar refractivity (Wildman–Crippen MR) is 90.3 cm³/mol. The Morgan fingerprint density at radius 2 is 1.87 bits per heavy atom. The number of rotatable bonds is 10. The van der Waals surface area contributed by atoms with Gasteiger partial charge in [0, 0.05) is 17.8 Å². The van der Waals surface area contributed by atoms with Gasteiger partial charge in [-0.25, -0.2) is 4.79 Å². The minimum Gasteiger partial charge on any atom is -0.462 e. The van der Waals surface area contributed by atoms with E-state index in [2.05, 4.69) is 13.8 Å². The van der Waals surface area contributed by atoms with Crippen molar-refractivity contribution in [1.82, 2.24) is 0 Å². The predicted octanol–water partition coefficient (Wildman–Crippen LogP) is 4.33. The molecule has 0 unspecified atom stereocenters. The normalized spacial score (nSPS) is 10.7. The number of carbonyl (C=O) groups is 1. The SMILES string of the molecule is CC(C)CCCCCCCOC(=O)c1cc([N+](=O)[O-])ccc1N. The molecule has 0 saturated heterocycles. The van der Waals surface area contributed by atoms with Crippen LogP contribution < -0.4 is 5.73 Å². The summed E-state index contributed by atoms with van der Waals surface area (Å²) in [6, 6.07) is 3.77. The van der Waals surface area contributed by atoms with Gasteiger partial charge >= 0.3 is 5.97 Å². The lowest BCUT2D eigenvalue weighted by Gasteiger charge is -2.07. The van der Waals surface area contributed by atoms with Crippen molar-refractivity contribution in [2.24, 2.45) is 5.92 Å². The molecule has 0 amide bonds. The molecule has 128 valence electrons. The molecule has 0 bridgehead atoms. The van der Waals surface area contributed by atoms with Gasteiger partial charge in [0.05, 0.1) is 17.1 Å². The van der Waals surface area contributed by atoms with Gasteiger partial charge in [0.1, 0.15) is 0 Å². The topological polar surface area (TPSA) is 95.5 Å². The standard InChI is InChI=1S/C17H26N2O4/c1-13(2)8-6-4-3-5-7-11-23-17(20)15-12-14(19(21)22)9-10-16(15)18/h9-10,12-13H,3-8,11,18H2,1-2H3. The molecule has 1 aromatic rings. The fourth-order valence-electron chi connectivity index (χ4n) is 2.26. The second-order valence-electron chi connectivity index (χ2n) is 6.11. The largest absolute Gasteiger partial charge is 0.462 e. The molecule has 0 aliphatic heterocycles. The van der Waals surface area contributed by atoms with Crippen LogP contribution in [0.1, 0.15) is 62.7 Å². The molecular formula is C17H26N2O4. The third kappa shape index (κ3) is 7.13. The van der Waals surface area contributed by atoms with Crippen molar-refractivity contribution in [2.75, 3.05) is 12.3 Å². The van der Waals surface area contributed by atoms with Gasteiger partial charge in [-0.3, -0.25) is 10.1 Å². The van der Waals surface area contributed by atoms with Crippen LogP contribution in [-0.4, -0.2) is 17.5 Å². The van der Waals surface area contributed by atoms with E-state index in [4.69, 9.17) is 10.5 Å². The van der Waals surface area contributed by atoms with E-state index in [1.807, 2.05) is 0 Å². The zero-order chi connectivity index (χ0) is 17.2. The molecule has 23 heavy (non-hydrogen) atoms. The van der Waals surface area contributed by atoms with Crippen LogP contribution in [0.2, 0.25) is 0 Å². The summed E-state index contributed by atoms with van der Waals surface area (Å²) in [5, 5.41) is 10.7. The smallest absolute Gasteiger partial charge is 0.340 e. The van der Waals surface area contributed by atoms with E-state index in [1.54, 1.807) is 0 Å². The van der Waals surface area contributed by atoms with E-state index in [9.17, 15) is 14.9 Å². The van der Waals surface area contributed by atoms with E-state index in [1.165, 1.54) is 31.4 Å². The number of non-ortho nitro benzene ring substituents is 1. The van der Waals surface area contributed by atoms with Gasteiger partial charge in [-0.05, 0) is 18.4 Å². The number of nitrogens with zero attached hydrogens (tertiary/aromatic N) is 1. The number of benzene rings is 1. The molecular weight excluding hydrogens is 296 g/mol. The van der Waals surface area contributed by atoms with Gasteiger partial charge in [-0.2, -0.15) is 0 Å². The van der Waals surface area contributed by atoms with Gasteiger partial charge in [0.2, 0.25) is 0 Å². The summed E-state index contributed by atoms with van der Waals surface area (Å²) in [6.07, 6.45) is 6.62. The number of carbonyl (C=O) groups excluding carboxylic acids is 1. The van der Waals surface area contributed by atoms with Crippen LogP contribution in [0.3, 0.4) is 0 Å². The van der Waals surface area contributed by atoms with Crippen molar-refractivity contribution in [2.45, 2.75) is 52.4 Å². The van der Waals surface area contributed by atoms with Gasteiger partial charge in [-0.1, -0.05) is 46.0 Å². The minimum atomic E-state index is -0.606. The summed E-state index contributed by atoms with van der Waals surface area (Å²) in [4.78, 5) is 22.1. The summed E-state index contributed by atoms with van der Waals surface area (Å²) in [6.45, 7) is 4.75. The van der Waals surface area contributed by atoms with Crippen LogP contribution in [0.5, 0.6) is 0 Å². The number of nitrogen functional groups attached to an aromatic ring is 1. The number of nitrogens with two attached hydrogens (primary N) is 1. The highest BCUT2D eigenvalue weighted by Crippen LogP contribution is 2.20. The Hall–Kier alpha value is -2.11. The van der Waals surface area contributed by atoms with Crippen molar-refractivity contribution in [3.8, 4) is 0 Å². The van der Waals surface area contributed by atoms with Crippen LogP contribution in [0.4, 0.5) is 11.4 Å². The second kappa shape index (κ2) is 9.82. The maximum Gasteiger partial charge on any atom is 0.340 e. The van der Waals surface area contributed by atoms with Crippen molar-refractivity contribution >= 4 is 17.3 Å². The molecule has 6 heteroatoms. The average Bonchev–Trinajstić information content (AvgIpc) is 2.49. The van der Waals surface area contributed by atoms with E-state index in [0.29, 0.717) is 6.61 Å². The van der Waals surface area contributed by atoms with Crippen LogP contribution in [0.15, 0.2) is 18.2 Å². The lowest BCUT2D eigenvalue weighted by molar-refractivity contribution is -0.384. The summed E-state index contributed by atoms with van der Waals surface area (Å²) in [7, 11) is 0. The van der Waals surface area contributed by atoms with Gasteiger partial charge in [0.25, 0.3) is 5.69 Å². The Balaban J connectivity index is 2.29. The number of hydrogen-bond donors (Lipinski definition) is 1. The molecule has 0 aromatic heterocycles. The average molecular weight is 322 g/mol. The Bertz CT molecular complexity index is 529. The van der Waals surface area contributed by atoms with Crippen LogP contribution >= 0.6 is 0 Å². The first-order valence-electron chi connectivity index (χ1n) is 8.13. The second-order valence-corrected chi connectivity index (χ2v) is 6.11. The molecule has 0 atom stereocenters. The monoisotopic (exact) mass is 322 g/mol. The maximum absolute atomic E-state index is 11.9. The summed E-state index contributed by atoms with van der Waals surface area (Å²) < 4.78 is 5.15. The minimum absolute atomic E-state index is 0.0520. The molecule has 0 saturated carbocycles. The Morgan fingerprint density at radius 1 is 1.22 bits per heavy atom. The molecule has 2 N–H and O–H groups in total. The van der Waals surface area contributed by atoms with E-state index < -0.39 is 10.9 Å². The van der Waals surface area contributed by atoms with Crippen LogP contribution in [-0.2, 0) is 4.74 Å². The third-order valence-electron chi connectivity index (χ3n) is 3.63. The number of anilines is 1. The molecule has 6 nitrogen and oxygen atoms in total. The lowest BCUT2D eigenvalue weighted by Crippen LogP contribution is -2.09. The number of nitro benzene ring substituents is 1. The Morgan fingerprint density at radius 3 is 2.52 bits per heavy atom. The lowest BCUT2D eigenvalue weighted by atomic mass is 10.0. The number of unbranched alkanes of at least 4 members (excludes halogenated alkanes) is 4. The van der Waals surface area contributed by atoms with Crippen molar-refractivity contribution in [3.63, 3.8) is 0 Å². The van der Waals surface area contributed by atoms with E-state index in [0.717, 1.165) is 31.2 Å². The molecule has 0 aliphatic carbocycles. The molecule has 0 radical (unpaired) electrons. The zero-order valence-electron chi connectivity index (χ0n) is 13.9. The highest BCUT2D eigenvalue weighted by atomic mass is 16.6. The first kappa shape index (κ1) is 18.9.